The van der Waals surface area contributed by atoms with Crippen molar-refractivity contribution < 1.29 is 19.5 Å². The van der Waals surface area contributed by atoms with Crippen molar-refractivity contribution in [3.8, 4) is 0 Å². The highest BCUT2D eigenvalue weighted by Gasteiger charge is 2.36. The van der Waals surface area contributed by atoms with Crippen LogP contribution in [0, 0.1) is 6.92 Å². The second-order valence-corrected chi connectivity index (χ2v) is 9.89. The fourth-order valence-electron chi connectivity index (χ4n) is 2.01. The van der Waals surface area contributed by atoms with Gasteiger partial charge in [-0.3, -0.25) is 14.3 Å². The average molecular weight is 354 g/mol. The van der Waals surface area contributed by atoms with Crippen LogP contribution in [0.1, 0.15) is 17.4 Å². The summed E-state index contributed by atoms with van der Waals surface area (Å²) in [6, 6.07) is 0. The van der Waals surface area contributed by atoms with Crippen molar-refractivity contribution in [3.05, 3.63) is 32.6 Å². The Bertz CT molecular complexity index is 683. The van der Waals surface area contributed by atoms with E-state index in [-0.39, 0.29) is 22.8 Å². The highest BCUT2D eigenvalue weighted by molar-refractivity contribution is 8.54. The number of hydrogen-bond acceptors (Lipinski definition) is 6. The van der Waals surface area contributed by atoms with Crippen LogP contribution in [0.25, 0.3) is 0 Å². The van der Waals surface area contributed by atoms with Gasteiger partial charge in [-0.15, -0.1) is 11.8 Å². The van der Waals surface area contributed by atoms with Gasteiger partial charge in [0.25, 0.3) is 5.56 Å². The number of aromatic nitrogens is 2. The number of H-pyrrole nitrogens is 1. The molecule has 1 unspecified atom stereocenters. The van der Waals surface area contributed by atoms with Crippen molar-refractivity contribution in [3.63, 3.8) is 0 Å². The largest absolute Gasteiger partial charge is 0.392 e. The summed E-state index contributed by atoms with van der Waals surface area (Å²) in [7, 11) is 0. The number of aliphatic hydroxyl groups is 1. The zero-order valence-corrected chi connectivity index (χ0v) is 13.5. The molecule has 0 aliphatic carbocycles. The van der Waals surface area contributed by atoms with Crippen LogP contribution in [0.2, 0.25) is 0 Å². The summed E-state index contributed by atoms with van der Waals surface area (Å²) in [6.07, 6.45) is 0.949. The SMILES string of the molecule is Cc1cn([C@H]2CC(O)[C@@H](CSP(=O)(O)O)S2)c(=O)[nH]c1=O. The predicted octanol–water partition coefficient (Wildman–Crippen LogP) is 0.0359. The highest BCUT2D eigenvalue weighted by Crippen LogP contribution is 2.53. The number of thioether (sulfide) groups is 1. The number of aryl methyl sites for hydroxylation is 1. The fourth-order valence-corrected chi connectivity index (χ4v) is 5.75. The van der Waals surface area contributed by atoms with Gasteiger partial charge in [-0.25, -0.2) is 9.36 Å². The molecule has 1 aromatic heterocycles. The Morgan fingerprint density at radius 1 is 1.52 bits per heavy atom. The molecule has 2 rings (SSSR count). The van der Waals surface area contributed by atoms with Crippen LogP contribution in [0.4, 0.5) is 0 Å². The summed E-state index contributed by atoms with van der Waals surface area (Å²) in [5.74, 6) is 0.0870. The van der Waals surface area contributed by atoms with Crippen molar-refractivity contribution in [2.45, 2.75) is 30.1 Å². The molecule has 1 fully saturated rings. The lowest BCUT2D eigenvalue weighted by molar-refractivity contribution is 0.170. The van der Waals surface area contributed by atoms with Gasteiger partial charge in [-0.2, -0.15) is 0 Å². The first-order valence-electron chi connectivity index (χ1n) is 6.03. The van der Waals surface area contributed by atoms with Crippen molar-refractivity contribution in [1.82, 2.24) is 9.55 Å². The quantitative estimate of drug-likeness (QED) is 0.557. The molecule has 0 radical (unpaired) electrons. The van der Waals surface area contributed by atoms with E-state index in [4.69, 9.17) is 9.79 Å². The molecule has 1 aliphatic rings. The van der Waals surface area contributed by atoms with Gasteiger partial charge in [-0.05, 0) is 18.3 Å². The zero-order chi connectivity index (χ0) is 15.8. The molecule has 0 spiro atoms. The molecule has 8 nitrogen and oxygen atoms in total. The van der Waals surface area contributed by atoms with E-state index in [9.17, 15) is 19.3 Å². The molecule has 4 N–H and O–H groups in total. The average Bonchev–Trinajstić information content (AvgIpc) is 2.72. The molecular formula is C10H15N2O6PS2. The number of rotatable bonds is 4. The van der Waals surface area contributed by atoms with E-state index in [2.05, 4.69) is 4.98 Å². The number of aliphatic hydroxyl groups excluding tert-OH is 1. The third-order valence-corrected chi connectivity index (χ3v) is 7.14. The van der Waals surface area contributed by atoms with E-state index >= 15 is 0 Å². The summed E-state index contributed by atoms with van der Waals surface area (Å²) in [5, 5.41) is 9.21. The standard InChI is InChI=1S/C10H15N2O6PS2/c1-5-3-12(10(15)11-9(5)14)8-2-6(13)7(21-8)4-20-19(16,17)18/h3,6-8,13H,2,4H2,1H3,(H,11,14,15)(H2,16,17,18)/t6?,7-,8-/m1/s1. The van der Waals surface area contributed by atoms with Crippen molar-refractivity contribution in [2.75, 3.05) is 5.75 Å². The van der Waals surface area contributed by atoms with E-state index in [0.29, 0.717) is 16.9 Å². The second-order valence-electron chi connectivity index (χ2n) is 4.70. The van der Waals surface area contributed by atoms with Gasteiger partial charge in [0.05, 0.1) is 11.5 Å². The van der Waals surface area contributed by atoms with Crippen LogP contribution in [0.5, 0.6) is 0 Å². The van der Waals surface area contributed by atoms with Crippen molar-refractivity contribution >= 4 is 29.9 Å². The maximum Gasteiger partial charge on any atom is 0.384 e. The first-order chi connectivity index (χ1) is 9.67. The maximum absolute atomic E-state index is 11.8. The van der Waals surface area contributed by atoms with Crippen molar-refractivity contribution in [2.24, 2.45) is 0 Å². The third-order valence-electron chi connectivity index (χ3n) is 3.07. The van der Waals surface area contributed by atoms with E-state index < -0.39 is 24.2 Å². The predicted molar refractivity (Wildman–Crippen MR) is 81.6 cm³/mol. The molecule has 1 aliphatic heterocycles. The Hall–Kier alpha value is -0.510. The van der Waals surface area contributed by atoms with Crippen molar-refractivity contribution in [1.29, 1.82) is 0 Å². The Balaban J connectivity index is 2.14. The van der Waals surface area contributed by atoms with Gasteiger partial charge in [0.15, 0.2) is 0 Å². The number of nitrogens with zero attached hydrogens (tertiary/aromatic N) is 1. The summed E-state index contributed by atoms with van der Waals surface area (Å²) < 4.78 is 12.2. The minimum atomic E-state index is -4.18. The Labute approximate surface area is 127 Å². The Morgan fingerprint density at radius 2 is 2.19 bits per heavy atom. The number of aromatic amines is 1. The molecule has 0 bridgehead atoms. The van der Waals surface area contributed by atoms with Crippen LogP contribution >= 0.6 is 29.9 Å². The topological polar surface area (TPSA) is 133 Å². The second kappa shape index (κ2) is 6.31. The minimum absolute atomic E-state index is 0.0870. The van der Waals surface area contributed by atoms with Gasteiger partial charge in [0, 0.05) is 29.2 Å². The first kappa shape index (κ1) is 16.9. The van der Waals surface area contributed by atoms with Gasteiger partial charge < -0.3 is 14.9 Å². The number of hydrogen-bond donors (Lipinski definition) is 4. The van der Waals surface area contributed by atoms with Crippen LogP contribution in [0.15, 0.2) is 15.8 Å². The Kier molecular flexibility index (Phi) is 5.07. The van der Waals surface area contributed by atoms with Crippen LogP contribution in [0.3, 0.4) is 0 Å². The van der Waals surface area contributed by atoms with Crippen LogP contribution in [-0.2, 0) is 4.57 Å². The maximum atomic E-state index is 11.8. The fraction of sp³-hybridized carbons (Fsp3) is 0.600. The van der Waals surface area contributed by atoms with E-state index in [0.717, 1.165) is 0 Å². The summed E-state index contributed by atoms with van der Waals surface area (Å²) in [6.45, 7) is -2.61. The molecule has 118 valence electrons. The molecule has 0 aromatic carbocycles. The molecule has 0 amide bonds. The van der Waals surface area contributed by atoms with Crippen LogP contribution < -0.4 is 11.2 Å². The third kappa shape index (κ3) is 4.24. The summed E-state index contributed by atoms with van der Waals surface area (Å²) in [5.41, 5.74) is -0.621. The van der Waals surface area contributed by atoms with Gasteiger partial charge in [0.1, 0.15) is 0 Å². The molecule has 3 atom stereocenters. The lowest BCUT2D eigenvalue weighted by Crippen LogP contribution is -2.32. The first-order valence-corrected chi connectivity index (χ1v) is 10.2. The molecule has 1 saturated heterocycles. The molecule has 0 saturated carbocycles. The normalized spacial score (nSPS) is 26.2. The Morgan fingerprint density at radius 3 is 2.81 bits per heavy atom. The zero-order valence-electron chi connectivity index (χ0n) is 11.0. The molecule has 1 aromatic rings. The lowest BCUT2D eigenvalue weighted by atomic mass is 10.2. The summed E-state index contributed by atoms with van der Waals surface area (Å²) in [4.78, 5) is 43.0. The van der Waals surface area contributed by atoms with Gasteiger partial charge in [-0.1, -0.05) is 0 Å². The van der Waals surface area contributed by atoms with Gasteiger partial charge >= 0.3 is 12.5 Å². The monoisotopic (exact) mass is 354 g/mol. The van der Waals surface area contributed by atoms with Crippen LogP contribution in [-0.4, -0.2) is 41.6 Å². The molecule has 2 heterocycles. The molecular weight excluding hydrogens is 339 g/mol. The van der Waals surface area contributed by atoms with E-state index in [1.807, 2.05) is 0 Å². The minimum Gasteiger partial charge on any atom is -0.392 e. The smallest absolute Gasteiger partial charge is 0.384 e. The molecule has 11 heteroatoms. The van der Waals surface area contributed by atoms with E-state index in [1.54, 1.807) is 6.92 Å². The number of nitrogens with one attached hydrogen (secondary N) is 1. The summed E-state index contributed by atoms with van der Waals surface area (Å²) >= 11 is 1.75. The van der Waals surface area contributed by atoms with Gasteiger partial charge in [0.2, 0.25) is 0 Å². The highest BCUT2D eigenvalue weighted by atomic mass is 32.7. The lowest BCUT2D eigenvalue weighted by Gasteiger charge is -2.14. The molecule has 21 heavy (non-hydrogen) atoms. The van der Waals surface area contributed by atoms with E-state index in [1.165, 1.54) is 22.5 Å².